The molecule has 2 heterocycles. The molecule has 2 aliphatic rings. The number of methoxy groups -OCH3 is 1. The maximum atomic E-state index is 12.1. The molecule has 0 radical (unpaired) electrons. The van der Waals surface area contributed by atoms with Crippen LogP contribution in [0.5, 0.6) is 5.75 Å². The molecule has 6 heteroatoms. The van der Waals surface area contributed by atoms with Crippen LogP contribution < -0.4 is 4.74 Å². The molecule has 23 heavy (non-hydrogen) atoms. The summed E-state index contributed by atoms with van der Waals surface area (Å²) >= 11 is 1.48. The van der Waals surface area contributed by atoms with Gasteiger partial charge in [-0.05, 0) is 42.1 Å². The van der Waals surface area contributed by atoms with E-state index in [0.29, 0.717) is 4.91 Å². The summed E-state index contributed by atoms with van der Waals surface area (Å²) in [6.45, 7) is 7.18. The summed E-state index contributed by atoms with van der Waals surface area (Å²) in [5.41, 5.74) is 0.980. The molecular formula is C17H21N3O2S. The van der Waals surface area contributed by atoms with Crippen LogP contribution in [0.25, 0.3) is 6.08 Å². The highest BCUT2D eigenvalue weighted by molar-refractivity contribution is 8.18. The van der Waals surface area contributed by atoms with E-state index in [9.17, 15) is 4.79 Å². The molecule has 0 atom stereocenters. The van der Waals surface area contributed by atoms with E-state index in [4.69, 9.17) is 4.74 Å². The maximum absolute atomic E-state index is 12.1. The van der Waals surface area contributed by atoms with Gasteiger partial charge >= 0.3 is 0 Å². The number of hydrogen-bond acceptors (Lipinski definition) is 5. The van der Waals surface area contributed by atoms with Gasteiger partial charge in [0.05, 0.1) is 12.0 Å². The van der Waals surface area contributed by atoms with Crippen molar-refractivity contribution in [2.24, 2.45) is 4.99 Å². The summed E-state index contributed by atoms with van der Waals surface area (Å²) in [4.78, 5) is 21.7. The predicted octanol–water partition coefficient (Wildman–Crippen LogP) is 2.30. The molecule has 1 aromatic carbocycles. The Kier molecular flexibility index (Phi) is 5.03. The third-order valence-electron chi connectivity index (χ3n) is 4.11. The average Bonchev–Trinajstić information content (AvgIpc) is 2.96. The lowest BCUT2D eigenvalue weighted by molar-refractivity contribution is -0.113. The smallest absolute Gasteiger partial charge is 0.286 e. The highest BCUT2D eigenvalue weighted by atomic mass is 32.2. The Balaban J connectivity index is 1.66. The SMILES string of the molecule is CCN1CCN(C2=NC(=O)C(=Cc3ccc(OC)cc3)S2)CC1. The Morgan fingerprint density at radius 3 is 2.52 bits per heavy atom. The number of carbonyl (C=O) groups excluding carboxylic acids is 1. The monoisotopic (exact) mass is 331 g/mol. The van der Waals surface area contributed by atoms with E-state index in [1.54, 1.807) is 7.11 Å². The third-order valence-corrected chi connectivity index (χ3v) is 5.16. The molecular weight excluding hydrogens is 310 g/mol. The first-order chi connectivity index (χ1) is 11.2. The molecule has 5 nitrogen and oxygen atoms in total. The Morgan fingerprint density at radius 2 is 1.91 bits per heavy atom. The average molecular weight is 331 g/mol. The molecule has 1 amide bonds. The van der Waals surface area contributed by atoms with Crippen molar-refractivity contribution in [3.63, 3.8) is 0 Å². The second-order valence-corrected chi connectivity index (χ2v) is 6.51. The second-order valence-electron chi connectivity index (χ2n) is 5.50. The number of piperazine rings is 1. The lowest BCUT2D eigenvalue weighted by Crippen LogP contribution is -2.47. The molecule has 0 spiro atoms. The highest BCUT2D eigenvalue weighted by Gasteiger charge is 2.28. The lowest BCUT2D eigenvalue weighted by Gasteiger charge is -2.34. The molecule has 0 saturated carbocycles. The zero-order valence-corrected chi connectivity index (χ0v) is 14.3. The molecule has 1 saturated heterocycles. The minimum atomic E-state index is -0.140. The summed E-state index contributed by atoms with van der Waals surface area (Å²) in [5.74, 6) is 0.669. The number of carbonyl (C=O) groups is 1. The largest absolute Gasteiger partial charge is 0.497 e. The first-order valence-electron chi connectivity index (χ1n) is 7.83. The Hall–Kier alpha value is -1.79. The van der Waals surface area contributed by atoms with Crippen molar-refractivity contribution in [2.45, 2.75) is 6.92 Å². The van der Waals surface area contributed by atoms with Crippen molar-refractivity contribution in [1.82, 2.24) is 9.80 Å². The van der Waals surface area contributed by atoms with Crippen molar-refractivity contribution >= 4 is 28.9 Å². The van der Waals surface area contributed by atoms with Crippen LogP contribution in [0.2, 0.25) is 0 Å². The Labute approximate surface area is 141 Å². The fraction of sp³-hybridized carbons (Fsp3) is 0.412. The minimum Gasteiger partial charge on any atom is -0.497 e. The number of benzene rings is 1. The molecule has 0 aromatic heterocycles. The second kappa shape index (κ2) is 7.19. The number of ether oxygens (including phenoxy) is 1. The predicted molar refractivity (Wildman–Crippen MR) is 94.7 cm³/mol. The fourth-order valence-electron chi connectivity index (χ4n) is 2.64. The van der Waals surface area contributed by atoms with Gasteiger partial charge in [-0.1, -0.05) is 19.1 Å². The van der Waals surface area contributed by atoms with Crippen molar-refractivity contribution in [1.29, 1.82) is 0 Å². The van der Waals surface area contributed by atoms with Crippen LogP contribution in [0.4, 0.5) is 0 Å². The summed E-state index contributed by atoms with van der Waals surface area (Å²) in [5, 5.41) is 0.838. The van der Waals surface area contributed by atoms with Crippen LogP contribution in [0.1, 0.15) is 12.5 Å². The summed E-state index contributed by atoms with van der Waals surface area (Å²) in [7, 11) is 1.64. The zero-order chi connectivity index (χ0) is 16.2. The van der Waals surface area contributed by atoms with Gasteiger partial charge in [-0.25, -0.2) is 0 Å². The molecule has 2 aliphatic heterocycles. The summed E-state index contributed by atoms with van der Waals surface area (Å²) in [6.07, 6.45) is 1.89. The molecule has 3 rings (SSSR count). The Morgan fingerprint density at radius 1 is 1.22 bits per heavy atom. The first-order valence-corrected chi connectivity index (χ1v) is 8.65. The van der Waals surface area contributed by atoms with Gasteiger partial charge in [-0.15, -0.1) is 0 Å². The van der Waals surface area contributed by atoms with Gasteiger partial charge in [0.15, 0.2) is 5.17 Å². The maximum Gasteiger partial charge on any atom is 0.286 e. The van der Waals surface area contributed by atoms with Gasteiger partial charge in [0.2, 0.25) is 0 Å². The van der Waals surface area contributed by atoms with Crippen LogP contribution in [0, 0.1) is 0 Å². The van der Waals surface area contributed by atoms with Gasteiger partial charge in [-0.3, -0.25) is 4.79 Å². The number of nitrogens with zero attached hydrogens (tertiary/aromatic N) is 3. The van der Waals surface area contributed by atoms with Gasteiger partial charge in [0.25, 0.3) is 5.91 Å². The summed E-state index contributed by atoms with van der Waals surface area (Å²) < 4.78 is 5.15. The van der Waals surface area contributed by atoms with Crippen LogP contribution in [-0.2, 0) is 4.79 Å². The van der Waals surface area contributed by atoms with E-state index < -0.39 is 0 Å². The van der Waals surface area contributed by atoms with Gasteiger partial charge in [0.1, 0.15) is 5.75 Å². The molecule has 1 fully saturated rings. The van der Waals surface area contributed by atoms with E-state index >= 15 is 0 Å². The number of likely N-dealkylation sites (N-methyl/N-ethyl adjacent to an activating group) is 1. The van der Waals surface area contributed by atoms with Crippen LogP contribution in [0.3, 0.4) is 0 Å². The van der Waals surface area contributed by atoms with E-state index in [0.717, 1.165) is 49.2 Å². The number of amides is 1. The van der Waals surface area contributed by atoms with Crippen LogP contribution in [-0.4, -0.2) is 60.7 Å². The highest BCUT2D eigenvalue weighted by Crippen LogP contribution is 2.30. The fourth-order valence-corrected chi connectivity index (χ4v) is 3.61. The third kappa shape index (κ3) is 3.76. The van der Waals surface area contributed by atoms with E-state index in [-0.39, 0.29) is 5.91 Å². The van der Waals surface area contributed by atoms with E-state index in [2.05, 4.69) is 21.7 Å². The van der Waals surface area contributed by atoms with Crippen molar-refractivity contribution < 1.29 is 9.53 Å². The molecule has 1 aromatic rings. The molecule has 0 bridgehead atoms. The number of thioether (sulfide) groups is 1. The molecule has 122 valence electrons. The van der Waals surface area contributed by atoms with E-state index in [1.807, 2.05) is 30.3 Å². The summed E-state index contributed by atoms with van der Waals surface area (Å²) in [6, 6.07) is 7.67. The quantitative estimate of drug-likeness (QED) is 0.795. The number of aliphatic imine (C=N–C) groups is 1. The zero-order valence-electron chi connectivity index (χ0n) is 13.5. The Bertz CT molecular complexity index is 632. The van der Waals surface area contributed by atoms with Gasteiger partial charge in [-0.2, -0.15) is 4.99 Å². The topological polar surface area (TPSA) is 45.1 Å². The molecule has 0 aliphatic carbocycles. The van der Waals surface area contributed by atoms with Crippen LogP contribution in [0.15, 0.2) is 34.2 Å². The number of hydrogen-bond donors (Lipinski definition) is 0. The van der Waals surface area contributed by atoms with Crippen molar-refractivity contribution in [3.8, 4) is 5.75 Å². The normalized spacial score (nSPS) is 21.0. The number of rotatable bonds is 3. The van der Waals surface area contributed by atoms with Crippen LogP contribution >= 0.6 is 11.8 Å². The standard InChI is InChI=1S/C17H21N3O2S/c1-3-19-8-10-20(11-9-19)17-18-16(21)15(23-17)12-13-4-6-14(22-2)7-5-13/h4-7,12H,3,8-11H2,1-2H3. The van der Waals surface area contributed by atoms with Crippen molar-refractivity contribution in [3.05, 3.63) is 34.7 Å². The minimum absolute atomic E-state index is 0.140. The lowest BCUT2D eigenvalue weighted by atomic mass is 10.2. The van der Waals surface area contributed by atoms with Gasteiger partial charge < -0.3 is 14.5 Å². The molecule has 0 N–H and O–H groups in total. The van der Waals surface area contributed by atoms with Crippen molar-refractivity contribution in [2.75, 3.05) is 39.8 Å². The van der Waals surface area contributed by atoms with E-state index in [1.165, 1.54) is 11.8 Å². The number of amidine groups is 1. The van der Waals surface area contributed by atoms with Gasteiger partial charge in [0, 0.05) is 26.2 Å². The molecule has 0 unspecified atom stereocenters. The first kappa shape index (κ1) is 16.1.